The third-order valence-electron chi connectivity index (χ3n) is 4.36. The van der Waals surface area contributed by atoms with Crippen LogP contribution in [0.4, 0.5) is 4.79 Å². The minimum atomic E-state index is -0.809. The number of nitrogens with one attached hydrogen (secondary N) is 1. The van der Waals surface area contributed by atoms with Crippen LogP contribution in [0, 0.1) is 11.8 Å². The first-order valence-electron chi connectivity index (χ1n) is 6.86. The number of urea groups is 1. The van der Waals surface area contributed by atoms with E-state index < -0.39 is 17.5 Å². The maximum atomic E-state index is 11.9. The first kappa shape index (κ1) is 15.1. The Balaban J connectivity index is 1.73. The van der Waals surface area contributed by atoms with Crippen LogP contribution in [-0.4, -0.2) is 67.6 Å². The van der Waals surface area contributed by atoms with Crippen molar-refractivity contribution in [2.24, 2.45) is 11.8 Å². The van der Waals surface area contributed by atoms with Gasteiger partial charge in [-0.1, -0.05) is 6.92 Å². The number of carboxylic acids is 1. The summed E-state index contributed by atoms with van der Waals surface area (Å²) in [5, 5.41) is 11.7. The van der Waals surface area contributed by atoms with E-state index in [9.17, 15) is 9.59 Å². The highest BCUT2D eigenvalue weighted by atomic mass is 16.5. The highest BCUT2D eigenvalue weighted by molar-refractivity contribution is 5.76. The average molecular weight is 286 g/mol. The lowest BCUT2D eigenvalue weighted by Gasteiger charge is -2.41. The highest BCUT2D eigenvalue weighted by Gasteiger charge is 2.39. The van der Waals surface area contributed by atoms with E-state index in [1.54, 1.807) is 18.9 Å². The zero-order valence-corrected chi connectivity index (χ0v) is 11.9. The normalized spacial score (nSPS) is 28.0. The number of nitrogens with zero attached hydrogens (tertiary/aromatic N) is 1. The SMILES string of the molecule is COC1(CNC(=O)N2CC(C(C)C(=O)O)C2)CCOC1. The lowest BCUT2D eigenvalue weighted by Crippen LogP contribution is -2.58. The van der Waals surface area contributed by atoms with Crippen LogP contribution in [0.1, 0.15) is 13.3 Å². The first-order valence-corrected chi connectivity index (χ1v) is 6.86. The summed E-state index contributed by atoms with van der Waals surface area (Å²) >= 11 is 0. The number of ether oxygens (including phenoxy) is 2. The summed E-state index contributed by atoms with van der Waals surface area (Å²) in [5.41, 5.74) is -0.422. The van der Waals surface area contributed by atoms with Crippen molar-refractivity contribution in [3.63, 3.8) is 0 Å². The van der Waals surface area contributed by atoms with Crippen molar-refractivity contribution in [3.05, 3.63) is 0 Å². The summed E-state index contributed by atoms with van der Waals surface area (Å²) in [7, 11) is 1.62. The van der Waals surface area contributed by atoms with E-state index in [0.29, 0.717) is 32.8 Å². The number of carbonyl (C=O) groups is 2. The van der Waals surface area contributed by atoms with E-state index in [2.05, 4.69) is 5.32 Å². The van der Waals surface area contributed by atoms with Gasteiger partial charge in [-0.3, -0.25) is 4.79 Å². The summed E-state index contributed by atoms with van der Waals surface area (Å²) in [6.45, 7) is 4.22. The molecule has 0 spiro atoms. The number of methoxy groups -OCH3 is 1. The molecule has 2 saturated heterocycles. The van der Waals surface area contributed by atoms with Crippen molar-refractivity contribution in [2.45, 2.75) is 18.9 Å². The highest BCUT2D eigenvalue weighted by Crippen LogP contribution is 2.25. The zero-order chi connectivity index (χ0) is 14.8. The van der Waals surface area contributed by atoms with Gasteiger partial charge < -0.3 is 24.8 Å². The number of hydrogen-bond acceptors (Lipinski definition) is 4. The summed E-state index contributed by atoms with van der Waals surface area (Å²) in [6, 6.07) is -0.165. The minimum Gasteiger partial charge on any atom is -0.481 e. The minimum absolute atomic E-state index is 0.0458. The van der Waals surface area contributed by atoms with Crippen LogP contribution in [0.3, 0.4) is 0 Å². The molecule has 20 heavy (non-hydrogen) atoms. The van der Waals surface area contributed by atoms with E-state index in [1.165, 1.54) is 0 Å². The van der Waals surface area contributed by atoms with Gasteiger partial charge in [0.2, 0.25) is 0 Å². The van der Waals surface area contributed by atoms with E-state index in [1.807, 2.05) is 0 Å². The van der Waals surface area contributed by atoms with E-state index in [-0.39, 0.29) is 11.9 Å². The van der Waals surface area contributed by atoms with Crippen molar-refractivity contribution in [2.75, 3.05) is 40.0 Å². The number of carboxylic acid groups (broad SMARTS) is 1. The van der Waals surface area contributed by atoms with E-state index in [0.717, 1.165) is 6.42 Å². The van der Waals surface area contributed by atoms with E-state index >= 15 is 0 Å². The lowest BCUT2D eigenvalue weighted by atomic mass is 9.87. The molecule has 0 aromatic carbocycles. The second kappa shape index (κ2) is 5.97. The Labute approximate surface area is 118 Å². The fourth-order valence-corrected chi connectivity index (χ4v) is 2.51. The standard InChI is InChI=1S/C13H22N2O5/c1-9(11(16)17)10-5-15(6-10)12(18)14-7-13(19-2)3-4-20-8-13/h9-10H,3-8H2,1-2H3,(H,14,18)(H,16,17). The van der Waals surface area contributed by atoms with Gasteiger partial charge in [-0.05, 0) is 0 Å². The van der Waals surface area contributed by atoms with Gasteiger partial charge in [0, 0.05) is 39.1 Å². The molecule has 0 aliphatic carbocycles. The molecule has 114 valence electrons. The molecule has 2 atom stereocenters. The van der Waals surface area contributed by atoms with Crippen LogP contribution in [0.25, 0.3) is 0 Å². The molecule has 2 rings (SSSR count). The second-order valence-electron chi connectivity index (χ2n) is 5.64. The Morgan fingerprint density at radius 1 is 1.55 bits per heavy atom. The summed E-state index contributed by atoms with van der Waals surface area (Å²) in [4.78, 5) is 24.4. The molecule has 0 aromatic heterocycles. The van der Waals surface area contributed by atoms with Crippen LogP contribution in [0.15, 0.2) is 0 Å². The molecule has 2 heterocycles. The van der Waals surface area contributed by atoms with Gasteiger partial charge >= 0.3 is 12.0 Å². The molecule has 7 heteroatoms. The number of likely N-dealkylation sites (tertiary alicyclic amines) is 1. The van der Waals surface area contributed by atoms with Gasteiger partial charge in [0.05, 0.1) is 19.1 Å². The lowest BCUT2D eigenvalue weighted by molar-refractivity contribution is -0.144. The molecule has 2 aliphatic rings. The molecule has 0 bridgehead atoms. The van der Waals surface area contributed by atoms with Crippen molar-refractivity contribution in [1.29, 1.82) is 0 Å². The van der Waals surface area contributed by atoms with Crippen molar-refractivity contribution < 1.29 is 24.2 Å². The number of rotatable bonds is 5. The Bertz CT molecular complexity index is 375. The molecule has 2 unspecified atom stereocenters. The molecule has 2 N–H and O–H groups in total. The van der Waals surface area contributed by atoms with Crippen LogP contribution in [0.5, 0.6) is 0 Å². The summed E-state index contributed by atoms with van der Waals surface area (Å²) in [6.07, 6.45) is 0.766. The third-order valence-corrected chi connectivity index (χ3v) is 4.36. The fourth-order valence-electron chi connectivity index (χ4n) is 2.51. The molecule has 0 radical (unpaired) electrons. The molecular formula is C13H22N2O5. The molecule has 2 amide bonds. The summed E-state index contributed by atoms with van der Waals surface area (Å²) < 4.78 is 10.7. The van der Waals surface area contributed by atoms with Gasteiger partial charge in [0.15, 0.2) is 0 Å². The van der Waals surface area contributed by atoms with Gasteiger partial charge in [-0.25, -0.2) is 4.79 Å². The topological polar surface area (TPSA) is 88.1 Å². The Kier molecular flexibility index (Phi) is 4.49. The fraction of sp³-hybridized carbons (Fsp3) is 0.846. The number of aliphatic carboxylic acids is 1. The quantitative estimate of drug-likeness (QED) is 0.751. The maximum absolute atomic E-state index is 11.9. The first-order chi connectivity index (χ1) is 9.47. The molecule has 0 aromatic rings. The predicted octanol–water partition coefficient (Wildman–Crippen LogP) is 0.154. The number of amides is 2. The van der Waals surface area contributed by atoms with Crippen molar-refractivity contribution in [3.8, 4) is 0 Å². The van der Waals surface area contributed by atoms with Crippen LogP contribution < -0.4 is 5.32 Å². The van der Waals surface area contributed by atoms with Gasteiger partial charge in [-0.15, -0.1) is 0 Å². The van der Waals surface area contributed by atoms with Crippen LogP contribution in [0.2, 0.25) is 0 Å². The summed E-state index contributed by atoms with van der Waals surface area (Å²) in [5.74, 6) is -1.17. The van der Waals surface area contributed by atoms with Crippen LogP contribution in [-0.2, 0) is 14.3 Å². The monoisotopic (exact) mass is 286 g/mol. The van der Waals surface area contributed by atoms with Crippen molar-refractivity contribution >= 4 is 12.0 Å². The average Bonchev–Trinajstić information content (AvgIpc) is 2.83. The zero-order valence-electron chi connectivity index (χ0n) is 11.9. The molecule has 2 aliphatic heterocycles. The Hall–Kier alpha value is -1.34. The van der Waals surface area contributed by atoms with Gasteiger partial charge in [-0.2, -0.15) is 0 Å². The van der Waals surface area contributed by atoms with Crippen molar-refractivity contribution in [1.82, 2.24) is 10.2 Å². The molecule has 2 fully saturated rings. The molecule has 7 nitrogen and oxygen atoms in total. The smallest absolute Gasteiger partial charge is 0.317 e. The van der Waals surface area contributed by atoms with E-state index in [4.69, 9.17) is 14.6 Å². The number of carbonyl (C=O) groups excluding carboxylic acids is 1. The second-order valence-corrected chi connectivity index (χ2v) is 5.64. The largest absolute Gasteiger partial charge is 0.481 e. The Morgan fingerprint density at radius 2 is 2.25 bits per heavy atom. The van der Waals surface area contributed by atoms with Gasteiger partial charge in [0.25, 0.3) is 0 Å². The maximum Gasteiger partial charge on any atom is 0.317 e. The predicted molar refractivity (Wildman–Crippen MR) is 70.4 cm³/mol. The van der Waals surface area contributed by atoms with Gasteiger partial charge in [0.1, 0.15) is 5.60 Å². The Morgan fingerprint density at radius 3 is 2.75 bits per heavy atom. The number of hydrogen-bond donors (Lipinski definition) is 2. The molecular weight excluding hydrogens is 264 g/mol. The van der Waals surface area contributed by atoms with Crippen LogP contribution >= 0.6 is 0 Å². The third kappa shape index (κ3) is 3.04. The molecule has 0 saturated carbocycles.